The topological polar surface area (TPSA) is 45.5 Å². The maximum atomic E-state index is 12.8. The first-order valence-corrected chi connectivity index (χ1v) is 11.8. The second-order valence-electron chi connectivity index (χ2n) is 9.06. The molecule has 0 unspecified atom stereocenters. The summed E-state index contributed by atoms with van der Waals surface area (Å²) in [4.78, 5) is 15.2. The minimum absolute atomic E-state index is 0.0302. The highest BCUT2D eigenvalue weighted by Crippen LogP contribution is 2.37. The molecule has 168 valence electrons. The summed E-state index contributed by atoms with van der Waals surface area (Å²) in [5.74, 6) is 0.301. The van der Waals surface area contributed by atoms with E-state index in [1.165, 1.54) is 24.8 Å². The van der Waals surface area contributed by atoms with Gasteiger partial charge in [-0.25, -0.2) is 0 Å². The van der Waals surface area contributed by atoms with Gasteiger partial charge in [0.2, 0.25) is 0 Å². The number of likely N-dealkylation sites (tertiary alicyclic amines) is 1. The average molecular weight is 439 g/mol. The van der Waals surface area contributed by atoms with Crippen molar-refractivity contribution in [3.8, 4) is 22.6 Å². The van der Waals surface area contributed by atoms with Gasteiger partial charge < -0.3 is 9.67 Å². The SMILES string of the molecule is CC(=O)c1c(C)n(-c2ccc(-c3ccccc3)cc2)c2ccc(O)c(CN3CCCCC3)c12. The lowest BCUT2D eigenvalue weighted by atomic mass is 10.00. The summed E-state index contributed by atoms with van der Waals surface area (Å²) < 4.78 is 2.15. The van der Waals surface area contributed by atoms with Crippen LogP contribution >= 0.6 is 0 Å². The maximum absolute atomic E-state index is 12.8. The van der Waals surface area contributed by atoms with Gasteiger partial charge >= 0.3 is 0 Å². The fraction of sp³-hybridized carbons (Fsp3) is 0.276. The first kappa shape index (κ1) is 21.5. The van der Waals surface area contributed by atoms with E-state index in [1.807, 2.05) is 31.2 Å². The molecular formula is C29H30N2O2. The number of phenols is 1. The molecule has 0 amide bonds. The molecule has 0 saturated carbocycles. The molecule has 1 N–H and O–H groups in total. The molecule has 4 aromatic rings. The largest absolute Gasteiger partial charge is 0.508 e. The smallest absolute Gasteiger partial charge is 0.162 e. The van der Waals surface area contributed by atoms with Crippen LogP contribution in [0.2, 0.25) is 0 Å². The molecule has 2 heterocycles. The highest BCUT2D eigenvalue weighted by Gasteiger charge is 2.24. The van der Waals surface area contributed by atoms with Gasteiger partial charge in [-0.15, -0.1) is 0 Å². The Morgan fingerprint density at radius 2 is 1.55 bits per heavy atom. The Bertz CT molecular complexity index is 1300. The van der Waals surface area contributed by atoms with E-state index in [9.17, 15) is 9.90 Å². The van der Waals surface area contributed by atoms with Crippen molar-refractivity contribution in [2.45, 2.75) is 39.7 Å². The van der Waals surface area contributed by atoms with Gasteiger partial charge in [-0.3, -0.25) is 9.69 Å². The van der Waals surface area contributed by atoms with Crippen molar-refractivity contribution < 1.29 is 9.90 Å². The quantitative estimate of drug-likeness (QED) is 0.362. The number of benzene rings is 3. The minimum atomic E-state index is 0.0302. The molecule has 1 aliphatic rings. The van der Waals surface area contributed by atoms with E-state index < -0.39 is 0 Å². The van der Waals surface area contributed by atoms with Gasteiger partial charge in [-0.1, -0.05) is 48.9 Å². The molecule has 0 radical (unpaired) electrons. The average Bonchev–Trinajstić information content (AvgIpc) is 3.14. The number of aromatic nitrogens is 1. The zero-order valence-electron chi connectivity index (χ0n) is 19.3. The number of carbonyl (C=O) groups excluding carboxylic acids is 1. The highest BCUT2D eigenvalue weighted by atomic mass is 16.3. The molecule has 3 aromatic carbocycles. The predicted octanol–water partition coefficient (Wildman–Crippen LogP) is 6.50. The Balaban J connectivity index is 1.65. The first-order chi connectivity index (χ1) is 16.0. The molecule has 0 atom stereocenters. The number of carbonyl (C=O) groups is 1. The molecular weight excluding hydrogens is 408 g/mol. The Morgan fingerprint density at radius 3 is 2.21 bits per heavy atom. The van der Waals surface area contributed by atoms with Gasteiger partial charge in [0.15, 0.2) is 5.78 Å². The molecule has 33 heavy (non-hydrogen) atoms. The summed E-state index contributed by atoms with van der Waals surface area (Å²) in [6.07, 6.45) is 3.63. The van der Waals surface area contributed by atoms with Crippen molar-refractivity contribution in [1.82, 2.24) is 9.47 Å². The monoisotopic (exact) mass is 438 g/mol. The molecule has 0 aliphatic carbocycles. The second-order valence-corrected chi connectivity index (χ2v) is 9.06. The standard InChI is InChI=1S/C29H30N2O2/c1-20-28(21(2)32)29-25(19-30-17-7-4-8-18-30)27(33)16-15-26(29)31(20)24-13-11-23(12-14-24)22-9-5-3-6-10-22/h3,5-6,9-16,33H,4,7-8,17-19H2,1-2H3. The molecule has 5 rings (SSSR count). The van der Waals surface area contributed by atoms with Gasteiger partial charge in [-0.05, 0) is 75.2 Å². The molecule has 0 bridgehead atoms. The van der Waals surface area contributed by atoms with Crippen molar-refractivity contribution in [3.63, 3.8) is 0 Å². The van der Waals surface area contributed by atoms with Crippen LogP contribution in [0, 0.1) is 6.92 Å². The third kappa shape index (κ3) is 3.96. The Morgan fingerprint density at radius 1 is 0.879 bits per heavy atom. The summed E-state index contributed by atoms with van der Waals surface area (Å²) in [6, 6.07) is 22.5. The van der Waals surface area contributed by atoms with Gasteiger partial charge in [-0.2, -0.15) is 0 Å². The van der Waals surface area contributed by atoms with Crippen molar-refractivity contribution in [2.24, 2.45) is 0 Å². The molecule has 1 saturated heterocycles. The summed E-state index contributed by atoms with van der Waals surface area (Å²) in [5, 5.41) is 11.7. The molecule has 1 aliphatic heterocycles. The number of aromatic hydroxyl groups is 1. The molecule has 0 spiro atoms. The second kappa shape index (κ2) is 8.87. The number of hydrogen-bond donors (Lipinski definition) is 1. The van der Waals surface area contributed by atoms with Gasteiger partial charge in [0.05, 0.1) is 5.52 Å². The fourth-order valence-electron chi connectivity index (χ4n) is 5.26. The van der Waals surface area contributed by atoms with E-state index in [2.05, 4.69) is 45.9 Å². The zero-order valence-corrected chi connectivity index (χ0v) is 19.3. The van der Waals surface area contributed by atoms with Crippen LogP contribution in [-0.2, 0) is 6.54 Å². The zero-order chi connectivity index (χ0) is 22.9. The fourth-order valence-corrected chi connectivity index (χ4v) is 5.26. The molecule has 1 fully saturated rings. The lowest BCUT2D eigenvalue weighted by molar-refractivity contribution is 0.101. The highest BCUT2D eigenvalue weighted by molar-refractivity contribution is 6.10. The Hall–Kier alpha value is -3.37. The lowest BCUT2D eigenvalue weighted by Crippen LogP contribution is -2.29. The van der Waals surface area contributed by atoms with Crippen LogP contribution in [-0.4, -0.2) is 33.4 Å². The van der Waals surface area contributed by atoms with E-state index >= 15 is 0 Å². The van der Waals surface area contributed by atoms with Gasteiger partial charge in [0, 0.05) is 34.4 Å². The van der Waals surface area contributed by atoms with E-state index in [1.54, 1.807) is 13.0 Å². The molecule has 4 nitrogen and oxygen atoms in total. The van der Waals surface area contributed by atoms with Crippen molar-refractivity contribution in [1.29, 1.82) is 0 Å². The van der Waals surface area contributed by atoms with E-state index in [0.717, 1.165) is 46.5 Å². The van der Waals surface area contributed by atoms with Gasteiger partial charge in [0.1, 0.15) is 5.75 Å². The van der Waals surface area contributed by atoms with Crippen molar-refractivity contribution in [3.05, 3.63) is 83.6 Å². The normalized spacial score (nSPS) is 14.6. The van der Waals surface area contributed by atoms with Crippen molar-refractivity contribution >= 4 is 16.7 Å². The predicted molar refractivity (Wildman–Crippen MR) is 134 cm³/mol. The summed E-state index contributed by atoms with van der Waals surface area (Å²) in [6.45, 7) is 6.36. The third-order valence-electron chi connectivity index (χ3n) is 6.87. The Kier molecular flexibility index (Phi) is 5.77. The summed E-state index contributed by atoms with van der Waals surface area (Å²) in [7, 11) is 0. The number of phenolic OH excluding ortho intramolecular Hbond substituents is 1. The van der Waals surface area contributed by atoms with Crippen LogP contribution in [0.25, 0.3) is 27.7 Å². The number of fused-ring (bicyclic) bond motifs is 1. The van der Waals surface area contributed by atoms with Crippen LogP contribution in [0.15, 0.2) is 66.7 Å². The number of rotatable bonds is 5. The van der Waals surface area contributed by atoms with Crippen LogP contribution in [0.1, 0.15) is 47.8 Å². The maximum Gasteiger partial charge on any atom is 0.162 e. The lowest BCUT2D eigenvalue weighted by Gasteiger charge is -2.27. The number of nitrogens with zero attached hydrogens (tertiary/aromatic N) is 2. The Labute approximate surface area is 195 Å². The van der Waals surface area contributed by atoms with Crippen LogP contribution < -0.4 is 0 Å². The molecule has 4 heteroatoms. The summed E-state index contributed by atoms with van der Waals surface area (Å²) >= 11 is 0. The van der Waals surface area contributed by atoms with E-state index in [-0.39, 0.29) is 11.5 Å². The summed E-state index contributed by atoms with van der Waals surface area (Å²) in [5.41, 5.74) is 6.80. The minimum Gasteiger partial charge on any atom is -0.508 e. The third-order valence-corrected chi connectivity index (χ3v) is 6.87. The van der Waals surface area contributed by atoms with Gasteiger partial charge in [0.25, 0.3) is 0 Å². The van der Waals surface area contributed by atoms with Crippen LogP contribution in [0.3, 0.4) is 0 Å². The number of piperidine rings is 1. The number of Topliss-reactive ketones (excluding diaryl/α,β-unsaturated/α-hetero) is 1. The number of hydrogen-bond acceptors (Lipinski definition) is 3. The van der Waals surface area contributed by atoms with E-state index in [4.69, 9.17) is 0 Å². The van der Waals surface area contributed by atoms with Crippen LogP contribution in [0.4, 0.5) is 0 Å². The first-order valence-electron chi connectivity index (χ1n) is 11.8. The molecule has 1 aromatic heterocycles. The van der Waals surface area contributed by atoms with Crippen molar-refractivity contribution in [2.75, 3.05) is 13.1 Å². The van der Waals surface area contributed by atoms with Crippen LogP contribution in [0.5, 0.6) is 5.75 Å². The number of ketones is 1. The van der Waals surface area contributed by atoms with E-state index in [0.29, 0.717) is 12.1 Å².